The third kappa shape index (κ3) is 2.06. The Hall–Kier alpha value is -0.980. The molecule has 5 rings (SSSR count). The summed E-state index contributed by atoms with van der Waals surface area (Å²) in [7, 11) is 0. The average molecular weight is 277 g/mol. The van der Waals surface area contributed by atoms with Crippen LogP contribution in [0.1, 0.15) is 37.5 Å². The molecule has 6 heteroatoms. The van der Waals surface area contributed by atoms with Gasteiger partial charge in [0, 0.05) is 38.1 Å². The van der Waals surface area contributed by atoms with Crippen molar-refractivity contribution in [2.24, 2.45) is 0 Å². The highest BCUT2D eigenvalue weighted by molar-refractivity contribution is 5.08. The van der Waals surface area contributed by atoms with Crippen LogP contribution in [0, 0.1) is 0 Å². The molecule has 2 bridgehead atoms. The summed E-state index contributed by atoms with van der Waals surface area (Å²) in [5, 5.41) is 7.70. The molecule has 0 amide bonds. The summed E-state index contributed by atoms with van der Waals surface area (Å²) in [6.07, 6.45) is 2.16. The second-order valence-electron chi connectivity index (χ2n) is 6.62. The van der Waals surface area contributed by atoms with E-state index in [1.54, 1.807) is 0 Å². The van der Waals surface area contributed by atoms with E-state index in [1.165, 1.54) is 13.1 Å². The lowest BCUT2D eigenvalue weighted by Gasteiger charge is -2.46. The van der Waals surface area contributed by atoms with E-state index in [9.17, 15) is 0 Å². The molecule has 0 saturated carbocycles. The van der Waals surface area contributed by atoms with E-state index in [0.29, 0.717) is 6.04 Å². The Morgan fingerprint density at radius 2 is 1.95 bits per heavy atom. The highest BCUT2D eigenvalue weighted by atomic mass is 16.5. The van der Waals surface area contributed by atoms with Gasteiger partial charge in [-0.15, -0.1) is 0 Å². The topological polar surface area (TPSA) is 57.4 Å². The molecule has 5 heterocycles. The number of rotatable bonds is 2. The quantitative estimate of drug-likeness (QED) is 0.843. The van der Waals surface area contributed by atoms with Crippen molar-refractivity contribution >= 4 is 0 Å². The Balaban J connectivity index is 1.56. The number of nitrogens with zero attached hydrogens (tertiary/aromatic N) is 4. The lowest BCUT2D eigenvalue weighted by molar-refractivity contribution is 0.00781. The minimum absolute atomic E-state index is 0.0554. The molecule has 0 aromatic carbocycles. The molecule has 1 atom stereocenters. The Kier molecular flexibility index (Phi) is 3.05. The predicted octanol–water partition coefficient (Wildman–Crippen LogP) is 0.383. The number of hydrogen-bond acceptors (Lipinski definition) is 6. The second kappa shape index (κ2) is 4.79. The van der Waals surface area contributed by atoms with E-state index in [4.69, 9.17) is 9.51 Å². The average Bonchev–Trinajstić information content (AvgIpc) is 3.00. The number of piperidine rings is 1. The zero-order chi connectivity index (χ0) is 13.6. The lowest BCUT2D eigenvalue weighted by Crippen LogP contribution is -2.57. The van der Waals surface area contributed by atoms with Gasteiger partial charge in [-0.1, -0.05) is 12.1 Å². The van der Waals surface area contributed by atoms with E-state index >= 15 is 0 Å². The summed E-state index contributed by atoms with van der Waals surface area (Å²) >= 11 is 0. The maximum Gasteiger partial charge on any atom is 0.232 e. The van der Waals surface area contributed by atoms with Crippen molar-refractivity contribution in [3.63, 3.8) is 0 Å². The molecule has 1 aromatic heterocycles. The summed E-state index contributed by atoms with van der Waals surface area (Å²) < 4.78 is 5.63. The molecule has 110 valence electrons. The van der Waals surface area contributed by atoms with Crippen LogP contribution in [-0.2, 0) is 5.41 Å². The maximum absolute atomic E-state index is 5.63. The van der Waals surface area contributed by atoms with E-state index < -0.39 is 0 Å². The van der Waals surface area contributed by atoms with Gasteiger partial charge in [-0.25, -0.2) is 0 Å². The van der Waals surface area contributed by atoms with Crippen molar-refractivity contribution in [1.29, 1.82) is 0 Å². The molecule has 0 spiro atoms. The molecule has 0 radical (unpaired) electrons. The summed E-state index contributed by atoms with van der Waals surface area (Å²) in [6.45, 7) is 10.0. The molecule has 1 N–H and O–H groups in total. The molecule has 4 aliphatic rings. The van der Waals surface area contributed by atoms with Gasteiger partial charge in [0.15, 0.2) is 5.82 Å². The van der Waals surface area contributed by atoms with E-state index in [0.717, 1.165) is 57.3 Å². The molecule has 20 heavy (non-hydrogen) atoms. The molecule has 1 unspecified atom stereocenters. The molecular formula is C14H23N5O. The number of piperazine rings is 3. The smallest absolute Gasteiger partial charge is 0.232 e. The molecule has 0 aliphatic carbocycles. The summed E-state index contributed by atoms with van der Waals surface area (Å²) in [4.78, 5) is 9.78. The van der Waals surface area contributed by atoms with Crippen LogP contribution in [0.4, 0.5) is 0 Å². The first-order valence-electron chi connectivity index (χ1n) is 7.76. The standard InChI is InChI=1S/C14H23N5O/c1-14(2-4-15-5-3-14)13-16-12(17-20-13)11-10-18-6-8-19(11)9-7-18/h11,15H,2-10H2,1H3. The normalized spacial score (nSPS) is 36.1. The first-order chi connectivity index (χ1) is 9.74. The van der Waals surface area contributed by atoms with Crippen molar-refractivity contribution < 1.29 is 4.52 Å². The Labute approximate surface area is 119 Å². The van der Waals surface area contributed by atoms with Crippen molar-refractivity contribution in [2.45, 2.75) is 31.2 Å². The van der Waals surface area contributed by atoms with Gasteiger partial charge in [0.05, 0.1) is 6.04 Å². The van der Waals surface area contributed by atoms with Crippen molar-refractivity contribution in [1.82, 2.24) is 25.3 Å². The monoisotopic (exact) mass is 277 g/mol. The van der Waals surface area contributed by atoms with Crippen molar-refractivity contribution in [3.8, 4) is 0 Å². The Morgan fingerprint density at radius 3 is 2.60 bits per heavy atom. The Morgan fingerprint density at radius 1 is 1.20 bits per heavy atom. The third-order valence-corrected chi connectivity index (χ3v) is 5.24. The molecule has 4 saturated heterocycles. The minimum Gasteiger partial charge on any atom is -0.339 e. The highest BCUT2D eigenvalue weighted by Gasteiger charge is 2.39. The molecular weight excluding hydrogens is 254 g/mol. The highest BCUT2D eigenvalue weighted by Crippen LogP contribution is 2.33. The zero-order valence-electron chi connectivity index (χ0n) is 12.1. The largest absolute Gasteiger partial charge is 0.339 e. The summed E-state index contributed by atoms with van der Waals surface area (Å²) in [5.41, 5.74) is 0.0554. The van der Waals surface area contributed by atoms with Gasteiger partial charge in [-0.05, 0) is 25.9 Å². The second-order valence-corrected chi connectivity index (χ2v) is 6.62. The fraction of sp³-hybridized carbons (Fsp3) is 0.857. The van der Waals surface area contributed by atoms with Crippen molar-refractivity contribution in [3.05, 3.63) is 11.7 Å². The molecule has 4 fully saturated rings. The number of aromatic nitrogens is 2. The minimum atomic E-state index is 0.0554. The number of fused-ring (bicyclic) bond motifs is 3. The van der Waals surface area contributed by atoms with Crippen molar-refractivity contribution in [2.75, 3.05) is 45.8 Å². The first kappa shape index (κ1) is 12.7. The van der Waals surface area contributed by atoms with E-state index in [-0.39, 0.29) is 5.41 Å². The van der Waals surface area contributed by atoms with Gasteiger partial charge in [-0.3, -0.25) is 9.80 Å². The Bertz CT molecular complexity index is 474. The van der Waals surface area contributed by atoms with E-state index in [2.05, 4.69) is 27.2 Å². The van der Waals surface area contributed by atoms with Crippen LogP contribution >= 0.6 is 0 Å². The fourth-order valence-electron chi connectivity index (χ4n) is 3.67. The van der Waals surface area contributed by atoms with Gasteiger partial charge in [0.1, 0.15) is 0 Å². The van der Waals surface area contributed by atoms with Crippen LogP contribution in [0.3, 0.4) is 0 Å². The van der Waals surface area contributed by atoms with Gasteiger partial charge < -0.3 is 9.84 Å². The number of nitrogens with one attached hydrogen (secondary N) is 1. The third-order valence-electron chi connectivity index (χ3n) is 5.24. The van der Waals surface area contributed by atoms with Crippen LogP contribution in [-0.4, -0.2) is 65.8 Å². The van der Waals surface area contributed by atoms with Crippen LogP contribution in [0.2, 0.25) is 0 Å². The van der Waals surface area contributed by atoms with Crippen LogP contribution < -0.4 is 5.32 Å². The molecule has 1 aromatic rings. The van der Waals surface area contributed by atoms with Gasteiger partial charge >= 0.3 is 0 Å². The van der Waals surface area contributed by atoms with Crippen LogP contribution in [0.15, 0.2) is 4.52 Å². The summed E-state index contributed by atoms with van der Waals surface area (Å²) in [5.74, 6) is 1.73. The van der Waals surface area contributed by atoms with Crippen LogP contribution in [0.5, 0.6) is 0 Å². The molecule has 4 aliphatic heterocycles. The maximum atomic E-state index is 5.63. The van der Waals surface area contributed by atoms with Gasteiger partial charge in [0.25, 0.3) is 0 Å². The van der Waals surface area contributed by atoms with E-state index in [1.807, 2.05) is 0 Å². The summed E-state index contributed by atoms with van der Waals surface area (Å²) in [6, 6.07) is 0.334. The lowest BCUT2D eigenvalue weighted by atomic mass is 9.81. The fourth-order valence-corrected chi connectivity index (χ4v) is 3.67. The first-order valence-corrected chi connectivity index (χ1v) is 7.76. The van der Waals surface area contributed by atoms with Gasteiger partial charge in [-0.2, -0.15) is 4.98 Å². The SMILES string of the molecule is CC1(c2nc(C3CN4CCN3CC4)no2)CCNCC1. The molecule has 6 nitrogen and oxygen atoms in total. The van der Waals surface area contributed by atoms with Gasteiger partial charge in [0.2, 0.25) is 5.89 Å². The van der Waals surface area contributed by atoms with Crippen LogP contribution in [0.25, 0.3) is 0 Å². The predicted molar refractivity (Wildman–Crippen MR) is 74.5 cm³/mol. The zero-order valence-corrected chi connectivity index (χ0v) is 12.1. The number of hydrogen-bond donors (Lipinski definition) is 1.